The number of H-pyrrole nitrogens is 1. The van der Waals surface area contributed by atoms with Crippen LogP contribution < -0.4 is 0 Å². The van der Waals surface area contributed by atoms with Crippen molar-refractivity contribution in [2.24, 2.45) is 4.99 Å². The lowest BCUT2D eigenvalue weighted by molar-refractivity contribution is 1.17. The van der Waals surface area contributed by atoms with Crippen LogP contribution in [0.3, 0.4) is 0 Å². The molecule has 3 rings (SSSR count). The molecule has 0 bridgehead atoms. The Balaban J connectivity index is 1.93. The Morgan fingerprint density at radius 3 is 2.80 bits per heavy atom. The van der Waals surface area contributed by atoms with E-state index in [1.165, 1.54) is 0 Å². The fourth-order valence-electron chi connectivity index (χ4n) is 1.96. The van der Waals surface area contributed by atoms with Gasteiger partial charge in [-0.2, -0.15) is 0 Å². The van der Waals surface area contributed by atoms with Crippen LogP contribution in [-0.4, -0.2) is 16.2 Å². The summed E-state index contributed by atoms with van der Waals surface area (Å²) in [6, 6.07) is 11.1. The minimum Gasteiger partial charge on any atom is -0.342 e. The molecule has 2 aromatic carbocycles. The summed E-state index contributed by atoms with van der Waals surface area (Å²) in [7, 11) is 0. The lowest BCUT2D eigenvalue weighted by atomic mass is 10.2. The third kappa shape index (κ3) is 2.69. The number of aromatic amines is 1. The standard InChI is InChI=1S/C15H11Cl2N3/c1-9-19-14-5-4-12(7-15(14)20-9)18-8-10-2-3-11(16)6-13(10)17/h2-8H,1H3,(H,19,20). The highest BCUT2D eigenvalue weighted by molar-refractivity contribution is 6.36. The SMILES string of the molecule is Cc1nc2ccc(N=Cc3ccc(Cl)cc3Cl)cc2[nH]1. The molecule has 0 saturated heterocycles. The van der Waals surface area contributed by atoms with E-state index in [1.807, 2.05) is 31.2 Å². The van der Waals surface area contributed by atoms with Crippen molar-refractivity contribution in [2.45, 2.75) is 6.92 Å². The molecule has 20 heavy (non-hydrogen) atoms. The van der Waals surface area contributed by atoms with E-state index in [-0.39, 0.29) is 0 Å². The molecule has 0 unspecified atom stereocenters. The summed E-state index contributed by atoms with van der Waals surface area (Å²) in [6.45, 7) is 1.93. The van der Waals surface area contributed by atoms with Gasteiger partial charge in [-0.15, -0.1) is 0 Å². The third-order valence-corrected chi connectivity index (χ3v) is 3.46. The molecule has 1 aromatic heterocycles. The van der Waals surface area contributed by atoms with E-state index in [0.29, 0.717) is 10.0 Å². The van der Waals surface area contributed by atoms with Gasteiger partial charge in [-0.1, -0.05) is 29.3 Å². The maximum absolute atomic E-state index is 6.10. The second-order valence-electron chi connectivity index (χ2n) is 4.45. The molecular weight excluding hydrogens is 293 g/mol. The number of aryl methyl sites for hydroxylation is 1. The topological polar surface area (TPSA) is 41.0 Å². The smallest absolute Gasteiger partial charge is 0.104 e. The van der Waals surface area contributed by atoms with E-state index in [0.717, 1.165) is 28.1 Å². The Kier molecular flexibility index (Phi) is 3.47. The largest absolute Gasteiger partial charge is 0.342 e. The van der Waals surface area contributed by atoms with Crippen LogP contribution in [0.15, 0.2) is 41.4 Å². The number of aromatic nitrogens is 2. The number of nitrogens with one attached hydrogen (secondary N) is 1. The van der Waals surface area contributed by atoms with Gasteiger partial charge in [0, 0.05) is 16.8 Å². The van der Waals surface area contributed by atoms with Crippen LogP contribution in [0.5, 0.6) is 0 Å². The summed E-state index contributed by atoms with van der Waals surface area (Å²) >= 11 is 12.0. The molecule has 0 atom stereocenters. The summed E-state index contributed by atoms with van der Waals surface area (Å²) in [5, 5.41) is 1.20. The Labute approximate surface area is 126 Å². The van der Waals surface area contributed by atoms with Crippen molar-refractivity contribution < 1.29 is 0 Å². The first-order valence-electron chi connectivity index (χ1n) is 6.07. The lowest BCUT2D eigenvalue weighted by Crippen LogP contribution is -1.82. The van der Waals surface area contributed by atoms with E-state index in [4.69, 9.17) is 23.2 Å². The minimum absolute atomic E-state index is 0.583. The number of nitrogens with zero attached hydrogens (tertiary/aromatic N) is 2. The van der Waals surface area contributed by atoms with Gasteiger partial charge in [0.15, 0.2) is 0 Å². The van der Waals surface area contributed by atoms with Gasteiger partial charge < -0.3 is 4.98 Å². The molecule has 0 radical (unpaired) electrons. The second-order valence-corrected chi connectivity index (χ2v) is 5.29. The van der Waals surface area contributed by atoms with Gasteiger partial charge in [-0.25, -0.2) is 4.98 Å². The number of aliphatic imine (C=N–C) groups is 1. The van der Waals surface area contributed by atoms with E-state index in [1.54, 1.807) is 18.3 Å². The van der Waals surface area contributed by atoms with Gasteiger partial charge in [0.2, 0.25) is 0 Å². The molecule has 0 aliphatic carbocycles. The molecule has 3 aromatic rings. The van der Waals surface area contributed by atoms with Crippen LogP contribution in [0.4, 0.5) is 5.69 Å². The first-order valence-corrected chi connectivity index (χ1v) is 6.83. The zero-order valence-corrected chi connectivity index (χ0v) is 12.2. The summed E-state index contributed by atoms with van der Waals surface area (Å²) in [5.41, 5.74) is 3.58. The summed E-state index contributed by atoms with van der Waals surface area (Å²) in [6.07, 6.45) is 1.73. The van der Waals surface area contributed by atoms with Crippen molar-refractivity contribution in [3.05, 3.63) is 57.8 Å². The van der Waals surface area contributed by atoms with Crippen molar-refractivity contribution >= 4 is 46.1 Å². The predicted molar refractivity (Wildman–Crippen MR) is 84.5 cm³/mol. The average molecular weight is 304 g/mol. The summed E-state index contributed by atoms with van der Waals surface area (Å²) < 4.78 is 0. The van der Waals surface area contributed by atoms with Crippen LogP contribution in [0.2, 0.25) is 10.0 Å². The first-order chi connectivity index (χ1) is 9.61. The van der Waals surface area contributed by atoms with Crippen molar-refractivity contribution in [3.8, 4) is 0 Å². The van der Waals surface area contributed by atoms with E-state index in [9.17, 15) is 0 Å². The zero-order valence-electron chi connectivity index (χ0n) is 10.7. The molecule has 0 aliphatic rings. The third-order valence-electron chi connectivity index (χ3n) is 2.90. The maximum Gasteiger partial charge on any atom is 0.104 e. The molecule has 1 N–H and O–H groups in total. The Bertz CT molecular complexity index is 806. The molecular formula is C15H11Cl2N3. The zero-order chi connectivity index (χ0) is 14.1. The van der Waals surface area contributed by atoms with Gasteiger partial charge in [0.05, 0.1) is 21.7 Å². The number of hydrogen-bond donors (Lipinski definition) is 1. The molecule has 0 fully saturated rings. The number of fused-ring (bicyclic) bond motifs is 1. The molecule has 0 amide bonds. The fraction of sp³-hybridized carbons (Fsp3) is 0.0667. The van der Waals surface area contributed by atoms with Gasteiger partial charge in [-0.3, -0.25) is 4.99 Å². The molecule has 0 spiro atoms. The Hall–Kier alpha value is -1.84. The van der Waals surface area contributed by atoms with Crippen LogP contribution >= 0.6 is 23.2 Å². The van der Waals surface area contributed by atoms with Crippen molar-refractivity contribution in [2.75, 3.05) is 0 Å². The molecule has 5 heteroatoms. The molecule has 100 valence electrons. The van der Waals surface area contributed by atoms with Crippen molar-refractivity contribution in [1.29, 1.82) is 0 Å². The minimum atomic E-state index is 0.583. The monoisotopic (exact) mass is 303 g/mol. The maximum atomic E-state index is 6.10. The van der Waals surface area contributed by atoms with Gasteiger partial charge >= 0.3 is 0 Å². The van der Waals surface area contributed by atoms with Crippen molar-refractivity contribution in [3.63, 3.8) is 0 Å². The number of rotatable bonds is 2. The number of imidazole rings is 1. The second kappa shape index (κ2) is 5.27. The first kappa shape index (κ1) is 13.2. The highest BCUT2D eigenvalue weighted by Crippen LogP contribution is 2.22. The molecule has 0 aliphatic heterocycles. The van der Waals surface area contributed by atoms with E-state index >= 15 is 0 Å². The highest BCUT2D eigenvalue weighted by Gasteiger charge is 2.01. The number of benzene rings is 2. The van der Waals surface area contributed by atoms with Crippen LogP contribution in [0, 0.1) is 6.92 Å². The van der Waals surface area contributed by atoms with Crippen LogP contribution in [0.25, 0.3) is 11.0 Å². The molecule has 3 nitrogen and oxygen atoms in total. The van der Waals surface area contributed by atoms with E-state index < -0.39 is 0 Å². The van der Waals surface area contributed by atoms with E-state index in [2.05, 4.69) is 15.0 Å². The summed E-state index contributed by atoms with van der Waals surface area (Å²) in [5.74, 6) is 0.891. The van der Waals surface area contributed by atoms with Gasteiger partial charge in [-0.05, 0) is 37.3 Å². The highest BCUT2D eigenvalue weighted by atomic mass is 35.5. The number of halogens is 2. The molecule has 0 saturated carbocycles. The number of hydrogen-bond acceptors (Lipinski definition) is 2. The average Bonchev–Trinajstić information content (AvgIpc) is 2.77. The normalized spacial score (nSPS) is 11.6. The van der Waals surface area contributed by atoms with Gasteiger partial charge in [0.25, 0.3) is 0 Å². The fourth-order valence-corrected chi connectivity index (χ4v) is 2.41. The molecule has 1 heterocycles. The predicted octanol–water partition coefficient (Wildman–Crippen LogP) is 4.93. The quantitative estimate of drug-likeness (QED) is 0.670. The Morgan fingerprint density at radius 1 is 1.15 bits per heavy atom. The van der Waals surface area contributed by atoms with Gasteiger partial charge in [0.1, 0.15) is 5.82 Å². The van der Waals surface area contributed by atoms with Crippen LogP contribution in [-0.2, 0) is 0 Å². The lowest BCUT2D eigenvalue weighted by Gasteiger charge is -1.98. The Morgan fingerprint density at radius 2 is 2.00 bits per heavy atom. The summed E-state index contributed by atoms with van der Waals surface area (Å²) in [4.78, 5) is 12.0. The van der Waals surface area contributed by atoms with Crippen LogP contribution in [0.1, 0.15) is 11.4 Å². The van der Waals surface area contributed by atoms with Crippen molar-refractivity contribution in [1.82, 2.24) is 9.97 Å².